The van der Waals surface area contributed by atoms with Gasteiger partial charge >= 0.3 is 5.97 Å². The molecule has 1 aliphatic heterocycles. The maximum atomic E-state index is 11.6. The van der Waals surface area contributed by atoms with Gasteiger partial charge in [0.2, 0.25) is 0 Å². The third-order valence-electron chi connectivity index (χ3n) is 3.54. The molecule has 0 aromatic carbocycles. The summed E-state index contributed by atoms with van der Waals surface area (Å²) < 4.78 is 1.32. The zero-order chi connectivity index (χ0) is 13.2. The summed E-state index contributed by atoms with van der Waals surface area (Å²) in [5.41, 5.74) is 2.11. The van der Waals surface area contributed by atoms with Crippen molar-refractivity contribution < 1.29 is 9.90 Å². The fourth-order valence-electron chi connectivity index (χ4n) is 2.48. The van der Waals surface area contributed by atoms with Crippen molar-refractivity contribution in [2.24, 2.45) is 0 Å². The van der Waals surface area contributed by atoms with Crippen LogP contribution in [0.2, 0.25) is 0 Å². The molecule has 1 fully saturated rings. The van der Waals surface area contributed by atoms with Crippen LogP contribution in [0.1, 0.15) is 38.1 Å². The van der Waals surface area contributed by atoms with Crippen LogP contribution in [0.5, 0.6) is 0 Å². The highest BCUT2D eigenvalue weighted by molar-refractivity contribution is 8.01. The van der Waals surface area contributed by atoms with Crippen LogP contribution in [0.3, 0.4) is 0 Å². The second-order valence-electron chi connectivity index (χ2n) is 4.72. The van der Waals surface area contributed by atoms with E-state index in [0.717, 1.165) is 42.9 Å². The summed E-state index contributed by atoms with van der Waals surface area (Å²) in [6.45, 7) is 4.92. The van der Waals surface area contributed by atoms with Crippen LogP contribution in [0, 0.1) is 0 Å². The first-order valence-electron chi connectivity index (χ1n) is 6.54. The first-order chi connectivity index (χ1) is 8.61. The molecule has 1 aromatic rings. The van der Waals surface area contributed by atoms with Crippen molar-refractivity contribution >= 4 is 17.7 Å². The number of carbonyl (C=O) groups is 1. The molecule has 5 heteroatoms. The number of hydrogen-bond donors (Lipinski definition) is 1. The number of aryl methyl sites for hydroxylation is 2. The number of carboxylic acid groups (broad SMARTS) is 1. The largest absolute Gasteiger partial charge is 0.480 e. The Morgan fingerprint density at radius 2 is 2.39 bits per heavy atom. The molecule has 0 amide bonds. The lowest BCUT2D eigenvalue weighted by Gasteiger charge is -2.22. The van der Waals surface area contributed by atoms with Crippen molar-refractivity contribution in [1.82, 2.24) is 9.78 Å². The van der Waals surface area contributed by atoms with Gasteiger partial charge in [-0.05, 0) is 38.0 Å². The van der Waals surface area contributed by atoms with E-state index in [9.17, 15) is 9.90 Å². The minimum atomic E-state index is -0.674. The van der Waals surface area contributed by atoms with E-state index >= 15 is 0 Å². The summed E-state index contributed by atoms with van der Waals surface area (Å²) in [5.74, 6) is 0.277. The first-order valence-corrected chi connectivity index (χ1v) is 7.53. The molecule has 2 rings (SSSR count). The Bertz CT molecular complexity index is 436. The molecule has 4 nitrogen and oxygen atoms in total. The highest BCUT2D eigenvalue weighted by Crippen LogP contribution is 2.41. The molecular formula is C13H20N2O2S. The molecule has 0 spiro atoms. The first kappa shape index (κ1) is 13.5. The van der Waals surface area contributed by atoms with Crippen molar-refractivity contribution in [2.45, 2.75) is 50.8 Å². The zero-order valence-electron chi connectivity index (χ0n) is 11.0. The SMILES string of the molecule is CCc1cc(CC2(C(=O)O)CCCS2)n(CC)n1. The molecule has 1 atom stereocenters. The van der Waals surface area contributed by atoms with Crippen LogP contribution < -0.4 is 0 Å². The molecular weight excluding hydrogens is 248 g/mol. The Hall–Kier alpha value is -0.970. The predicted octanol–water partition coefficient (Wildman–Crippen LogP) is 2.36. The van der Waals surface area contributed by atoms with Gasteiger partial charge < -0.3 is 5.11 Å². The molecule has 0 aliphatic carbocycles. The maximum Gasteiger partial charge on any atom is 0.320 e. The van der Waals surface area contributed by atoms with Gasteiger partial charge in [0.1, 0.15) is 4.75 Å². The van der Waals surface area contributed by atoms with E-state index in [1.165, 1.54) is 0 Å². The van der Waals surface area contributed by atoms with Gasteiger partial charge in [-0.1, -0.05) is 6.92 Å². The van der Waals surface area contributed by atoms with E-state index in [1.807, 2.05) is 11.6 Å². The molecule has 0 radical (unpaired) electrons. The lowest BCUT2D eigenvalue weighted by Crippen LogP contribution is -2.35. The van der Waals surface area contributed by atoms with Crippen molar-refractivity contribution in [3.05, 3.63) is 17.5 Å². The Kier molecular flexibility index (Phi) is 4.00. The fraction of sp³-hybridized carbons (Fsp3) is 0.692. The fourth-order valence-corrected chi connectivity index (χ4v) is 3.82. The number of nitrogens with zero attached hydrogens (tertiary/aromatic N) is 2. The number of aliphatic carboxylic acids is 1. The van der Waals surface area contributed by atoms with Crippen molar-refractivity contribution in [3.63, 3.8) is 0 Å². The van der Waals surface area contributed by atoms with Gasteiger partial charge in [0.05, 0.1) is 5.69 Å². The average molecular weight is 268 g/mol. The molecule has 1 aromatic heterocycles. The van der Waals surface area contributed by atoms with E-state index < -0.39 is 10.7 Å². The van der Waals surface area contributed by atoms with Gasteiger partial charge in [0.25, 0.3) is 0 Å². The van der Waals surface area contributed by atoms with Gasteiger partial charge in [-0.15, -0.1) is 11.8 Å². The van der Waals surface area contributed by atoms with E-state index in [1.54, 1.807) is 11.8 Å². The molecule has 2 heterocycles. The van der Waals surface area contributed by atoms with Crippen LogP contribution in [0.25, 0.3) is 0 Å². The minimum Gasteiger partial charge on any atom is -0.480 e. The monoisotopic (exact) mass is 268 g/mol. The lowest BCUT2D eigenvalue weighted by molar-refractivity contribution is -0.139. The van der Waals surface area contributed by atoms with Crippen LogP contribution >= 0.6 is 11.8 Å². The van der Waals surface area contributed by atoms with E-state index in [-0.39, 0.29) is 0 Å². The summed E-state index contributed by atoms with van der Waals surface area (Å²) in [7, 11) is 0. The molecule has 0 bridgehead atoms. The quantitative estimate of drug-likeness (QED) is 0.890. The molecule has 1 unspecified atom stereocenters. The van der Waals surface area contributed by atoms with Gasteiger partial charge in [-0.2, -0.15) is 5.10 Å². The van der Waals surface area contributed by atoms with Gasteiger partial charge in [-0.25, -0.2) is 0 Å². The molecule has 1 N–H and O–H groups in total. The van der Waals surface area contributed by atoms with Crippen molar-refractivity contribution in [3.8, 4) is 0 Å². The number of aromatic nitrogens is 2. The smallest absolute Gasteiger partial charge is 0.320 e. The Labute approximate surface area is 112 Å². The number of carboxylic acids is 1. The van der Waals surface area contributed by atoms with Crippen LogP contribution in [0.15, 0.2) is 6.07 Å². The third kappa shape index (κ3) is 2.41. The van der Waals surface area contributed by atoms with Crippen LogP contribution in [-0.4, -0.2) is 31.4 Å². The van der Waals surface area contributed by atoms with Gasteiger partial charge in [0, 0.05) is 18.7 Å². The average Bonchev–Trinajstić information content (AvgIpc) is 2.97. The minimum absolute atomic E-state index is 0.591. The van der Waals surface area contributed by atoms with Crippen molar-refractivity contribution in [2.75, 3.05) is 5.75 Å². The molecule has 100 valence electrons. The third-order valence-corrected chi connectivity index (χ3v) is 5.10. The molecule has 1 aliphatic rings. The van der Waals surface area contributed by atoms with Crippen molar-refractivity contribution in [1.29, 1.82) is 0 Å². The summed E-state index contributed by atoms with van der Waals surface area (Å²) in [5, 5.41) is 14.0. The second-order valence-corrected chi connectivity index (χ2v) is 6.20. The topological polar surface area (TPSA) is 55.1 Å². The Balaban J connectivity index is 2.26. The normalized spacial score (nSPS) is 23.4. The number of rotatable bonds is 5. The molecule has 0 saturated carbocycles. The second kappa shape index (κ2) is 5.34. The summed E-state index contributed by atoms with van der Waals surface area (Å²) in [6, 6.07) is 2.06. The van der Waals surface area contributed by atoms with E-state index in [2.05, 4.69) is 18.1 Å². The summed E-state index contributed by atoms with van der Waals surface area (Å²) in [6.07, 6.45) is 3.25. The van der Waals surface area contributed by atoms with Crippen LogP contribution in [0.4, 0.5) is 0 Å². The summed E-state index contributed by atoms with van der Waals surface area (Å²) in [4.78, 5) is 11.6. The van der Waals surface area contributed by atoms with E-state index in [0.29, 0.717) is 6.42 Å². The maximum absolute atomic E-state index is 11.6. The number of thioether (sulfide) groups is 1. The highest BCUT2D eigenvalue weighted by Gasteiger charge is 2.43. The Morgan fingerprint density at radius 1 is 1.61 bits per heavy atom. The summed E-state index contributed by atoms with van der Waals surface area (Å²) >= 11 is 1.59. The molecule has 18 heavy (non-hydrogen) atoms. The standard InChI is InChI=1S/C13H20N2O2S/c1-3-10-8-11(15(4-2)14-10)9-13(12(16)17)6-5-7-18-13/h8H,3-7,9H2,1-2H3,(H,16,17). The van der Waals surface area contributed by atoms with Gasteiger partial charge in [0.15, 0.2) is 0 Å². The lowest BCUT2D eigenvalue weighted by atomic mass is 9.97. The van der Waals surface area contributed by atoms with E-state index in [4.69, 9.17) is 0 Å². The molecule has 1 saturated heterocycles. The Morgan fingerprint density at radius 3 is 2.89 bits per heavy atom. The van der Waals surface area contributed by atoms with Gasteiger partial charge in [-0.3, -0.25) is 9.48 Å². The number of hydrogen-bond acceptors (Lipinski definition) is 3. The zero-order valence-corrected chi connectivity index (χ0v) is 11.8. The van der Waals surface area contributed by atoms with Crippen LogP contribution in [-0.2, 0) is 24.2 Å². The predicted molar refractivity (Wildman–Crippen MR) is 73.0 cm³/mol. The highest BCUT2D eigenvalue weighted by atomic mass is 32.2.